The number of anilines is 3. The highest BCUT2D eigenvalue weighted by atomic mass is 79.9. The maximum absolute atomic E-state index is 13.6. The molecule has 0 aliphatic rings. The van der Waals surface area contributed by atoms with Crippen LogP contribution in [0, 0.1) is 5.82 Å². The molecule has 0 fully saturated rings. The molecule has 0 unspecified atom stereocenters. The molecule has 0 radical (unpaired) electrons. The van der Waals surface area contributed by atoms with E-state index < -0.39 is 5.82 Å². The van der Waals surface area contributed by atoms with E-state index >= 15 is 0 Å². The van der Waals surface area contributed by atoms with Crippen LogP contribution in [0.4, 0.5) is 21.8 Å². The number of hydrogen-bond acceptors (Lipinski definition) is 5. The number of methoxy groups -OCH3 is 1. The van der Waals surface area contributed by atoms with E-state index in [1.54, 1.807) is 32.4 Å². The average Bonchev–Trinajstić information content (AvgIpc) is 2.43. The fourth-order valence-electron chi connectivity index (χ4n) is 1.45. The Labute approximate surface area is 118 Å². The Hall–Kier alpha value is -1.89. The van der Waals surface area contributed by atoms with E-state index in [1.807, 2.05) is 0 Å². The smallest absolute Gasteiger partial charge is 0.224 e. The van der Waals surface area contributed by atoms with E-state index in [-0.39, 0.29) is 5.82 Å². The molecule has 100 valence electrons. The van der Waals surface area contributed by atoms with Crippen LogP contribution >= 0.6 is 15.9 Å². The van der Waals surface area contributed by atoms with Crippen molar-refractivity contribution in [3.05, 3.63) is 34.7 Å². The minimum atomic E-state index is -0.527. The predicted molar refractivity (Wildman–Crippen MR) is 75.5 cm³/mol. The molecule has 0 saturated carbocycles. The van der Waals surface area contributed by atoms with Crippen molar-refractivity contribution >= 4 is 33.4 Å². The Bertz CT molecular complexity index is 594. The highest BCUT2D eigenvalue weighted by Crippen LogP contribution is 2.29. The molecule has 5 nitrogen and oxygen atoms in total. The van der Waals surface area contributed by atoms with Gasteiger partial charge < -0.3 is 15.4 Å². The van der Waals surface area contributed by atoms with Gasteiger partial charge in [0, 0.05) is 18.8 Å². The Kier molecular flexibility index (Phi) is 4.16. The van der Waals surface area contributed by atoms with Crippen LogP contribution in [-0.4, -0.2) is 24.1 Å². The molecule has 2 aromatic rings. The second-order valence-corrected chi connectivity index (χ2v) is 4.47. The molecule has 2 N–H and O–H groups in total. The quantitative estimate of drug-likeness (QED) is 0.903. The maximum Gasteiger partial charge on any atom is 0.224 e. The van der Waals surface area contributed by atoms with Crippen LogP contribution in [-0.2, 0) is 0 Å². The van der Waals surface area contributed by atoms with Crippen LogP contribution in [0.15, 0.2) is 28.9 Å². The van der Waals surface area contributed by atoms with Crippen LogP contribution in [0.3, 0.4) is 0 Å². The van der Waals surface area contributed by atoms with Crippen LogP contribution in [0.5, 0.6) is 5.75 Å². The summed E-state index contributed by atoms with van der Waals surface area (Å²) in [5.41, 5.74) is 0.666. The lowest BCUT2D eigenvalue weighted by Crippen LogP contribution is -2.03. The fourth-order valence-corrected chi connectivity index (χ4v) is 1.86. The van der Waals surface area contributed by atoms with Gasteiger partial charge in [-0.15, -0.1) is 0 Å². The van der Waals surface area contributed by atoms with E-state index in [0.717, 1.165) is 10.7 Å². The van der Waals surface area contributed by atoms with Crippen LogP contribution < -0.4 is 15.4 Å². The first-order valence-corrected chi connectivity index (χ1v) is 6.24. The topological polar surface area (TPSA) is 59.1 Å². The summed E-state index contributed by atoms with van der Waals surface area (Å²) in [5.74, 6) is 0.561. The van der Waals surface area contributed by atoms with Gasteiger partial charge in [0.05, 0.1) is 17.8 Å². The minimum Gasteiger partial charge on any atom is -0.495 e. The van der Waals surface area contributed by atoms with Gasteiger partial charge in [-0.25, -0.2) is 9.37 Å². The van der Waals surface area contributed by atoms with Gasteiger partial charge in [0.25, 0.3) is 0 Å². The van der Waals surface area contributed by atoms with Crippen molar-refractivity contribution in [2.45, 2.75) is 0 Å². The Morgan fingerprint density at radius 1 is 1.37 bits per heavy atom. The third kappa shape index (κ3) is 3.11. The molecule has 1 aromatic heterocycles. The van der Waals surface area contributed by atoms with E-state index in [0.29, 0.717) is 17.4 Å². The van der Waals surface area contributed by atoms with Crippen LogP contribution in [0.1, 0.15) is 0 Å². The summed E-state index contributed by atoms with van der Waals surface area (Å²) in [6.45, 7) is 0. The molecule has 2 rings (SSSR count). The van der Waals surface area contributed by atoms with Crippen molar-refractivity contribution in [3.63, 3.8) is 0 Å². The number of ether oxygens (including phenoxy) is 1. The lowest BCUT2D eigenvalue weighted by Gasteiger charge is -2.10. The van der Waals surface area contributed by atoms with Gasteiger partial charge in [0.2, 0.25) is 5.95 Å². The molecule has 0 atom stereocenters. The van der Waals surface area contributed by atoms with Gasteiger partial charge in [0.1, 0.15) is 5.75 Å². The largest absolute Gasteiger partial charge is 0.495 e. The molecule has 7 heteroatoms. The first-order chi connectivity index (χ1) is 9.13. The van der Waals surface area contributed by atoms with Gasteiger partial charge in [-0.2, -0.15) is 4.98 Å². The zero-order chi connectivity index (χ0) is 13.8. The molecule has 19 heavy (non-hydrogen) atoms. The lowest BCUT2D eigenvalue weighted by molar-refractivity contribution is 0.412. The van der Waals surface area contributed by atoms with Crippen molar-refractivity contribution in [1.29, 1.82) is 0 Å². The number of rotatable bonds is 4. The summed E-state index contributed by atoms with van der Waals surface area (Å²) in [6.07, 6.45) is 1.11. The van der Waals surface area contributed by atoms with Gasteiger partial charge >= 0.3 is 0 Å². The molecule has 0 bridgehead atoms. The first-order valence-electron chi connectivity index (χ1n) is 5.45. The summed E-state index contributed by atoms with van der Waals surface area (Å²) in [4.78, 5) is 7.78. The molecule has 0 aliphatic carbocycles. The Morgan fingerprint density at radius 2 is 2.16 bits per heavy atom. The van der Waals surface area contributed by atoms with Crippen LogP contribution in [0.25, 0.3) is 0 Å². The fraction of sp³-hybridized carbons (Fsp3) is 0.167. The van der Waals surface area contributed by atoms with Gasteiger partial charge in [-0.05, 0) is 28.1 Å². The molecule has 0 saturated heterocycles. The number of benzene rings is 1. The minimum absolute atomic E-state index is 0.101. The Morgan fingerprint density at radius 3 is 2.84 bits per heavy atom. The molecule has 0 aliphatic heterocycles. The van der Waals surface area contributed by atoms with Crippen molar-refractivity contribution in [2.75, 3.05) is 24.8 Å². The molecular weight excluding hydrogens is 315 g/mol. The number of hydrogen-bond donors (Lipinski definition) is 2. The first kappa shape index (κ1) is 13.5. The molecule has 0 amide bonds. The molecule has 0 spiro atoms. The third-order valence-electron chi connectivity index (χ3n) is 2.38. The van der Waals surface area contributed by atoms with Gasteiger partial charge in [0.15, 0.2) is 11.6 Å². The van der Waals surface area contributed by atoms with E-state index in [9.17, 15) is 4.39 Å². The molecule has 1 heterocycles. The summed E-state index contributed by atoms with van der Waals surface area (Å²) in [6, 6.07) is 5.33. The van der Waals surface area contributed by atoms with Gasteiger partial charge in [-0.3, -0.25) is 0 Å². The summed E-state index contributed by atoms with van der Waals surface area (Å²) >= 11 is 3.35. The number of aromatic nitrogens is 2. The summed E-state index contributed by atoms with van der Waals surface area (Å²) in [7, 11) is 3.23. The van der Waals surface area contributed by atoms with E-state index in [4.69, 9.17) is 4.74 Å². The SMILES string of the molecule is CNc1ncc(F)c(Nc2ccc(Br)c(OC)c2)n1. The van der Waals surface area contributed by atoms with Crippen molar-refractivity contribution in [3.8, 4) is 5.75 Å². The van der Waals surface area contributed by atoms with Crippen molar-refractivity contribution in [1.82, 2.24) is 9.97 Å². The summed E-state index contributed by atoms with van der Waals surface area (Å²) < 4.78 is 19.6. The monoisotopic (exact) mass is 326 g/mol. The van der Waals surface area contributed by atoms with Gasteiger partial charge in [-0.1, -0.05) is 0 Å². The second-order valence-electron chi connectivity index (χ2n) is 3.61. The van der Waals surface area contributed by atoms with E-state index in [2.05, 4.69) is 36.5 Å². The second kappa shape index (κ2) is 5.83. The maximum atomic E-state index is 13.6. The Balaban J connectivity index is 2.30. The zero-order valence-corrected chi connectivity index (χ0v) is 12.0. The third-order valence-corrected chi connectivity index (χ3v) is 3.04. The molecule has 1 aromatic carbocycles. The molecular formula is C12H12BrFN4O. The summed E-state index contributed by atoms with van der Waals surface area (Å²) in [5, 5.41) is 5.63. The van der Waals surface area contributed by atoms with E-state index in [1.165, 1.54) is 0 Å². The number of nitrogens with one attached hydrogen (secondary N) is 2. The van der Waals surface area contributed by atoms with Crippen molar-refractivity contribution in [2.24, 2.45) is 0 Å². The lowest BCUT2D eigenvalue weighted by atomic mass is 10.3. The number of halogens is 2. The normalized spacial score (nSPS) is 10.1. The highest BCUT2D eigenvalue weighted by molar-refractivity contribution is 9.10. The predicted octanol–water partition coefficient (Wildman–Crippen LogP) is 3.17. The average molecular weight is 327 g/mol. The van der Waals surface area contributed by atoms with Crippen molar-refractivity contribution < 1.29 is 9.13 Å². The zero-order valence-electron chi connectivity index (χ0n) is 10.4. The standard InChI is InChI=1S/C12H12BrFN4O/c1-15-12-16-6-9(14)11(18-12)17-7-3-4-8(13)10(5-7)19-2/h3-6H,1-2H3,(H2,15,16,17,18). The number of nitrogens with zero attached hydrogens (tertiary/aromatic N) is 2. The highest BCUT2D eigenvalue weighted by Gasteiger charge is 2.08. The van der Waals surface area contributed by atoms with Crippen LogP contribution in [0.2, 0.25) is 0 Å².